The summed E-state index contributed by atoms with van der Waals surface area (Å²) in [7, 11) is 0. The van der Waals surface area contributed by atoms with Crippen molar-refractivity contribution < 1.29 is 18.9 Å². The number of rotatable bonds is 7. The first-order chi connectivity index (χ1) is 16.3. The second-order valence-corrected chi connectivity index (χ2v) is 8.93. The highest BCUT2D eigenvalue weighted by Gasteiger charge is 2.25. The Labute approximate surface area is 206 Å². The fraction of sp³-hybridized carbons (Fsp3) is 0.292. The zero-order valence-electron chi connectivity index (χ0n) is 18.5. The molecule has 0 unspecified atom stereocenters. The van der Waals surface area contributed by atoms with Gasteiger partial charge in [0.1, 0.15) is 12.4 Å². The fourth-order valence-electron chi connectivity index (χ4n) is 3.77. The third kappa shape index (κ3) is 5.70. The molecule has 4 rings (SSSR count). The number of carbonyl (C=O) groups excluding carboxylic acids is 1. The van der Waals surface area contributed by atoms with Crippen LogP contribution in [0.15, 0.2) is 52.9 Å². The third-order valence-corrected chi connectivity index (χ3v) is 6.21. The number of furan rings is 1. The predicted octanol–water partition coefficient (Wildman–Crippen LogP) is 5.34. The molecule has 0 bridgehead atoms. The SMILES string of the molecule is Cc1ccc(OCc2ccc(C(=O)N3CCN(Cc4ccc(Cl)cc4Cl)CC3)o2)c([N+](=O)[O-])c1. The van der Waals surface area contributed by atoms with Crippen molar-refractivity contribution in [2.45, 2.75) is 20.1 Å². The van der Waals surface area contributed by atoms with Gasteiger partial charge in [0.15, 0.2) is 11.5 Å². The van der Waals surface area contributed by atoms with Gasteiger partial charge in [-0.3, -0.25) is 19.8 Å². The fourth-order valence-corrected chi connectivity index (χ4v) is 4.24. The molecule has 3 aromatic rings. The van der Waals surface area contributed by atoms with E-state index in [1.807, 2.05) is 12.1 Å². The van der Waals surface area contributed by atoms with Crippen LogP contribution in [-0.4, -0.2) is 46.8 Å². The first-order valence-electron chi connectivity index (χ1n) is 10.7. The second kappa shape index (κ2) is 10.5. The molecule has 1 aromatic heterocycles. The van der Waals surface area contributed by atoms with Gasteiger partial charge in [-0.2, -0.15) is 0 Å². The van der Waals surface area contributed by atoms with Crippen molar-refractivity contribution >= 4 is 34.8 Å². The number of hydrogen-bond acceptors (Lipinski definition) is 6. The molecule has 1 fully saturated rings. The number of hydrogen-bond donors (Lipinski definition) is 0. The number of nitro benzene ring substituents is 1. The summed E-state index contributed by atoms with van der Waals surface area (Å²) in [5.41, 5.74) is 1.65. The minimum Gasteiger partial charge on any atom is -0.479 e. The standard InChI is InChI=1S/C24H23Cl2N3O5/c1-16-2-6-22(21(12-16)29(31)32)33-15-19-5-7-23(34-19)24(30)28-10-8-27(9-11-28)14-17-3-4-18(25)13-20(17)26/h2-7,12-13H,8-11,14-15H2,1H3. The monoisotopic (exact) mass is 503 g/mol. The summed E-state index contributed by atoms with van der Waals surface area (Å²) < 4.78 is 11.2. The molecule has 0 radical (unpaired) electrons. The van der Waals surface area contributed by atoms with E-state index in [1.54, 1.807) is 42.2 Å². The molecule has 8 nitrogen and oxygen atoms in total. The summed E-state index contributed by atoms with van der Waals surface area (Å²) in [6, 6.07) is 13.5. The Morgan fingerprint density at radius 3 is 2.56 bits per heavy atom. The topological polar surface area (TPSA) is 89.1 Å². The third-order valence-electron chi connectivity index (χ3n) is 5.62. The van der Waals surface area contributed by atoms with Gasteiger partial charge in [-0.05, 0) is 48.4 Å². The van der Waals surface area contributed by atoms with Crippen LogP contribution < -0.4 is 4.74 Å². The van der Waals surface area contributed by atoms with Crippen LogP contribution in [0.25, 0.3) is 0 Å². The molecule has 2 heterocycles. The van der Waals surface area contributed by atoms with Gasteiger partial charge in [0.25, 0.3) is 5.91 Å². The summed E-state index contributed by atoms with van der Waals surface area (Å²) in [6.07, 6.45) is 0. The van der Waals surface area contributed by atoms with Crippen molar-refractivity contribution in [3.05, 3.63) is 91.3 Å². The number of nitro groups is 1. The maximum Gasteiger partial charge on any atom is 0.311 e. The van der Waals surface area contributed by atoms with Gasteiger partial charge >= 0.3 is 5.69 Å². The number of piperazine rings is 1. The summed E-state index contributed by atoms with van der Waals surface area (Å²) in [5.74, 6) is 0.578. The Balaban J connectivity index is 1.31. The first kappa shape index (κ1) is 24.1. The van der Waals surface area contributed by atoms with Gasteiger partial charge in [0, 0.05) is 48.8 Å². The molecule has 0 saturated carbocycles. The molecule has 34 heavy (non-hydrogen) atoms. The molecule has 0 aliphatic carbocycles. The highest BCUT2D eigenvalue weighted by atomic mass is 35.5. The lowest BCUT2D eigenvalue weighted by Gasteiger charge is -2.34. The Morgan fingerprint density at radius 1 is 1.09 bits per heavy atom. The lowest BCUT2D eigenvalue weighted by molar-refractivity contribution is -0.386. The van der Waals surface area contributed by atoms with E-state index in [4.69, 9.17) is 32.4 Å². The molecule has 1 saturated heterocycles. The summed E-state index contributed by atoms with van der Waals surface area (Å²) in [4.78, 5) is 27.6. The van der Waals surface area contributed by atoms with Gasteiger partial charge in [0.05, 0.1) is 4.92 Å². The Hall–Kier alpha value is -3.07. The van der Waals surface area contributed by atoms with Gasteiger partial charge in [-0.25, -0.2) is 0 Å². The van der Waals surface area contributed by atoms with Crippen LogP contribution in [0.2, 0.25) is 10.0 Å². The molecule has 0 spiro atoms. The van der Waals surface area contributed by atoms with Crippen LogP contribution in [0.4, 0.5) is 5.69 Å². The van der Waals surface area contributed by atoms with Crippen LogP contribution >= 0.6 is 23.2 Å². The molecular formula is C24H23Cl2N3O5. The van der Waals surface area contributed by atoms with Crippen LogP contribution in [0.5, 0.6) is 5.75 Å². The lowest BCUT2D eigenvalue weighted by Crippen LogP contribution is -2.48. The lowest BCUT2D eigenvalue weighted by atomic mass is 10.2. The van der Waals surface area contributed by atoms with Crippen molar-refractivity contribution in [3.63, 3.8) is 0 Å². The summed E-state index contributed by atoms with van der Waals surface area (Å²) in [6.45, 7) is 4.97. The van der Waals surface area contributed by atoms with Gasteiger partial charge in [-0.1, -0.05) is 35.3 Å². The van der Waals surface area contributed by atoms with E-state index in [1.165, 1.54) is 6.07 Å². The number of ether oxygens (including phenoxy) is 1. The Kier molecular flexibility index (Phi) is 7.41. The van der Waals surface area contributed by atoms with E-state index in [0.29, 0.717) is 48.5 Å². The maximum atomic E-state index is 12.9. The molecule has 0 atom stereocenters. The number of benzene rings is 2. The Bertz CT molecular complexity index is 1210. The van der Waals surface area contributed by atoms with E-state index in [0.717, 1.165) is 11.1 Å². The van der Waals surface area contributed by atoms with E-state index in [-0.39, 0.29) is 29.7 Å². The first-order valence-corrected chi connectivity index (χ1v) is 11.5. The number of carbonyl (C=O) groups is 1. The number of aryl methyl sites for hydroxylation is 1. The highest BCUT2D eigenvalue weighted by Crippen LogP contribution is 2.29. The highest BCUT2D eigenvalue weighted by molar-refractivity contribution is 6.35. The van der Waals surface area contributed by atoms with Crippen molar-refractivity contribution in [1.82, 2.24) is 9.80 Å². The van der Waals surface area contributed by atoms with Crippen molar-refractivity contribution in [3.8, 4) is 5.75 Å². The van der Waals surface area contributed by atoms with Crippen molar-refractivity contribution in [1.29, 1.82) is 0 Å². The zero-order valence-corrected chi connectivity index (χ0v) is 20.0. The number of halogens is 2. The normalized spacial score (nSPS) is 14.3. The zero-order chi connectivity index (χ0) is 24.2. The average Bonchev–Trinajstić information content (AvgIpc) is 3.29. The van der Waals surface area contributed by atoms with Gasteiger partial charge in [-0.15, -0.1) is 0 Å². The molecule has 1 aliphatic rings. The molecule has 0 N–H and O–H groups in total. The van der Waals surface area contributed by atoms with Crippen molar-refractivity contribution in [2.24, 2.45) is 0 Å². The number of amides is 1. The van der Waals surface area contributed by atoms with Gasteiger partial charge < -0.3 is 14.1 Å². The van der Waals surface area contributed by atoms with E-state index in [2.05, 4.69) is 4.90 Å². The minimum atomic E-state index is -0.486. The molecule has 178 valence electrons. The Morgan fingerprint density at radius 2 is 1.85 bits per heavy atom. The average molecular weight is 504 g/mol. The van der Waals surface area contributed by atoms with Gasteiger partial charge in [0.2, 0.25) is 0 Å². The quantitative estimate of drug-likeness (QED) is 0.319. The van der Waals surface area contributed by atoms with Crippen LogP contribution in [-0.2, 0) is 13.2 Å². The number of nitrogens with zero attached hydrogens (tertiary/aromatic N) is 3. The van der Waals surface area contributed by atoms with Crippen molar-refractivity contribution in [2.75, 3.05) is 26.2 Å². The predicted molar refractivity (Wildman–Crippen MR) is 129 cm³/mol. The summed E-state index contributed by atoms with van der Waals surface area (Å²) in [5, 5.41) is 12.5. The van der Waals surface area contributed by atoms with E-state index >= 15 is 0 Å². The van der Waals surface area contributed by atoms with E-state index < -0.39 is 4.92 Å². The minimum absolute atomic E-state index is 0.0210. The molecule has 1 amide bonds. The largest absolute Gasteiger partial charge is 0.479 e. The smallest absolute Gasteiger partial charge is 0.311 e. The van der Waals surface area contributed by atoms with Crippen LogP contribution in [0.1, 0.15) is 27.4 Å². The molecular weight excluding hydrogens is 481 g/mol. The molecule has 2 aromatic carbocycles. The van der Waals surface area contributed by atoms with Crippen LogP contribution in [0.3, 0.4) is 0 Å². The summed E-state index contributed by atoms with van der Waals surface area (Å²) >= 11 is 12.2. The maximum absolute atomic E-state index is 12.9. The second-order valence-electron chi connectivity index (χ2n) is 8.09. The molecule has 1 aliphatic heterocycles. The van der Waals surface area contributed by atoms with E-state index in [9.17, 15) is 14.9 Å². The van der Waals surface area contributed by atoms with Crippen LogP contribution in [0, 0.1) is 17.0 Å². The molecule has 10 heteroatoms.